The summed E-state index contributed by atoms with van der Waals surface area (Å²) in [5.41, 5.74) is -0.704. The molecule has 0 aliphatic carbocycles. The molecule has 0 bridgehead atoms. The topological polar surface area (TPSA) is 96.4 Å². The quantitative estimate of drug-likeness (QED) is 0.519. The van der Waals surface area contributed by atoms with E-state index in [0.29, 0.717) is 10.7 Å². The molecule has 0 aromatic heterocycles. The Morgan fingerprint density at radius 2 is 1.88 bits per heavy atom. The predicted octanol–water partition coefficient (Wildman–Crippen LogP) is 2.10. The number of aliphatic hydroxyl groups is 1. The minimum Gasteiger partial charge on any atom is -0.465 e. The van der Waals surface area contributed by atoms with Crippen molar-refractivity contribution in [2.75, 3.05) is 31.2 Å². The number of carbonyl (C=O) groups is 3. The van der Waals surface area contributed by atoms with Crippen molar-refractivity contribution in [2.24, 2.45) is 11.8 Å². The van der Waals surface area contributed by atoms with E-state index in [1.165, 1.54) is 4.90 Å². The number of anilines is 1. The molecule has 34 heavy (non-hydrogen) atoms. The summed E-state index contributed by atoms with van der Waals surface area (Å²) in [5, 5.41) is 10.3. The van der Waals surface area contributed by atoms with E-state index < -0.39 is 35.6 Å². The molecule has 8 nitrogen and oxygen atoms in total. The van der Waals surface area contributed by atoms with Crippen molar-refractivity contribution >= 4 is 35.1 Å². The maximum Gasteiger partial charge on any atom is 0.312 e. The van der Waals surface area contributed by atoms with Gasteiger partial charge in [0.1, 0.15) is 17.6 Å². The van der Waals surface area contributed by atoms with Crippen molar-refractivity contribution in [1.82, 2.24) is 4.90 Å². The molecule has 4 heterocycles. The van der Waals surface area contributed by atoms with Gasteiger partial charge in [0.2, 0.25) is 5.91 Å². The number of aliphatic hydroxyl groups excluding tert-OH is 1. The Labute approximate surface area is 202 Å². The van der Waals surface area contributed by atoms with Gasteiger partial charge in [-0.3, -0.25) is 14.4 Å². The molecule has 4 aliphatic rings. The van der Waals surface area contributed by atoms with Crippen molar-refractivity contribution in [3.63, 3.8) is 0 Å². The Morgan fingerprint density at radius 1 is 1.09 bits per heavy atom. The first kappa shape index (κ1) is 23.1. The highest BCUT2D eigenvalue weighted by Gasteiger charge is 2.71. The fourth-order valence-corrected chi connectivity index (χ4v) is 5.74. The van der Waals surface area contributed by atoms with Crippen LogP contribution in [0.5, 0.6) is 0 Å². The summed E-state index contributed by atoms with van der Waals surface area (Å²) in [6, 6.07) is 5.86. The Morgan fingerprint density at radius 3 is 2.65 bits per heavy atom. The summed E-state index contributed by atoms with van der Waals surface area (Å²) >= 11 is 6.03. The predicted molar refractivity (Wildman–Crippen MR) is 124 cm³/mol. The van der Waals surface area contributed by atoms with Crippen LogP contribution in [0.25, 0.3) is 0 Å². The Balaban J connectivity index is 1.59. The van der Waals surface area contributed by atoms with Crippen LogP contribution in [-0.4, -0.2) is 71.8 Å². The van der Waals surface area contributed by atoms with Gasteiger partial charge in [0.25, 0.3) is 5.91 Å². The molecule has 0 radical (unpaired) electrons. The van der Waals surface area contributed by atoms with Crippen LogP contribution in [-0.2, 0) is 23.9 Å². The summed E-state index contributed by atoms with van der Waals surface area (Å²) in [5.74, 6) is -3.00. The van der Waals surface area contributed by atoms with Crippen molar-refractivity contribution in [1.29, 1.82) is 0 Å². The summed E-state index contributed by atoms with van der Waals surface area (Å²) in [7, 11) is 0. The van der Waals surface area contributed by atoms with Crippen molar-refractivity contribution < 1.29 is 29.0 Å². The lowest BCUT2D eigenvalue weighted by atomic mass is 9.78. The normalized spacial score (nSPS) is 34.2. The van der Waals surface area contributed by atoms with Gasteiger partial charge < -0.3 is 24.4 Å². The molecule has 5 atom stereocenters. The molecule has 4 aliphatic heterocycles. The van der Waals surface area contributed by atoms with Crippen LogP contribution in [0.4, 0.5) is 5.69 Å². The summed E-state index contributed by atoms with van der Waals surface area (Å²) in [6.07, 6.45) is 9.13. The molecule has 9 heteroatoms. The zero-order chi connectivity index (χ0) is 23.9. The van der Waals surface area contributed by atoms with Crippen molar-refractivity contribution in [3.8, 4) is 0 Å². The monoisotopic (exact) mass is 486 g/mol. The van der Waals surface area contributed by atoms with E-state index in [-0.39, 0.29) is 38.1 Å². The maximum absolute atomic E-state index is 14.0. The number of benzene rings is 1. The smallest absolute Gasteiger partial charge is 0.312 e. The summed E-state index contributed by atoms with van der Waals surface area (Å²) in [6.45, 7) is 0.196. The molecule has 1 unspecified atom stereocenters. The molecule has 5 rings (SSSR count). The van der Waals surface area contributed by atoms with Crippen LogP contribution in [0.2, 0.25) is 5.02 Å². The number of fused-ring (bicyclic) bond motifs is 2. The number of amides is 2. The molecular formula is C25H27ClN2O6. The molecule has 180 valence electrons. The maximum atomic E-state index is 14.0. The second kappa shape index (κ2) is 9.17. The zero-order valence-electron chi connectivity index (χ0n) is 18.6. The number of carbonyl (C=O) groups excluding carboxylic acids is 3. The molecule has 1 aromatic rings. The number of cyclic esters (lactones) is 1. The van der Waals surface area contributed by atoms with Gasteiger partial charge in [-0.25, -0.2) is 0 Å². The Hall–Kier alpha value is -2.68. The van der Waals surface area contributed by atoms with E-state index in [1.807, 2.05) is 18.2 Å². The zero-order valence-corrected chi connectivity index (χ0v) is 19.4. The standard InChI is InChI=1S/C25H27ClN2O6/c26-16-7-9-17(10-8-16)27-12-5-11-25-20(22(30)28(13-14-29)21(25)23(27)31)19-18(34-25)6-3-1-2-4-15-33-24(19)32/h3,5-11,18-21,29H,1-2,4,12-15H2/b6-3-/t18-,19+,20-,21?,25-/m0/s1. The first-order valence-electron chi connectivity index (χ1n) is 11.6. The van der Waals surface area contributed by atoms with Crippen molar-refractivity contribution in [2.45, 2.75) is 37.0 Å². The third-order valence-electron chi connectivity index (χ3n) is 7.08. The third-order valence-corrected chi connectivity index (χ3v) is 7.33. The SMILES string of the molecule is O=C1OCCCC/C=C\[C@@H]2O[C@]34C=CCN(c5ccc(Cl)cc5)C(=O)C3N(CCO)C(=O)[C@@H]4[C@H]12. The lowest BCUT2D eigenvalue weighted by Gasteiger charge is -2.35. The second-order valence-electron chi connectivity index (χ2n) is 9.02. The minimum atomic E-state index is -1.34. The number of hydrogen-bond donors (Lipinski definition) is 1. The van der Waals surface area contributed by atoms with Crippen LogP contribution in [0.3, 0.4) is 0 Å². The average Bonchev–Trinajstić information content (AvgIpc) is 3.20. The van der Waals surface area contributed by atoms with Crippen LogP contribution in [0.1, 0.15) is 19.3 Å². The van der Waals surface area contributed by atoms with Gasteiger partial charge in [0, 0.05) is 23.8 Å². The highest BCUT2D eigenvalue weighted by molar-refractivity contribution is 6.30. The van der Waals surface area contributed by atoms with E-state index in [2.05, 4.69) is 0 Å². The number of nitrogens with zero attached hydrogens (tertiary/aromatic N) is 2. The lowest BCUT2D eigenvalue weighted by molar-refractivity contribution is -0.154. The summed E-state index contributed by atoms with van der Waals surface area (Å²) < 4.78 is 12.0. The summed E-state index contributed by atoms with van der Waals surface area (Å²) in [4.78, 5) is 43.8. The van der Waals surface area contributed by atoms with Crippen LogP contribution in [0, 0.1) is 11.8 Å². The van der Waals surface area contributed by atoms with Gasteiger partial charge in [0.15, 0.2) is 0 Å². The number of rotatable bonds is 3. The van der Waals surface area contributed by atoms with E-state index in [0.717, 1.165) is 19.3 Å². The second-order valence-corrected chi connectivity index (χ2v) is 9.45. The van der Waals surface area contributed by atoms with Gasteiger partial charge in [-0.15, -0.1) is 0 Å². The molecular weight excluding hydrogens is 460 g/mol. The van der Waals surface area contributed by atoms with E-state index in [4.69, 9.17) is 21.1 Å². The molecule has 1 N–H and O–H groups in total. The fraction of sp³-hybridized carbons (Fsp3) is 0.480. The van der Waals surface area contributed by atoms with Gasteiger partial charge >= 0.3 is 5.97 Å². The van der Waals surface area contributed by atoms with Gasteiger partial charge in [-0.1, -0.05) is 35.9 Å². The molecule has 1 spiro atoms. The highest BCUT2D eigenvalue weighted by Crippen LogP contribution is 2.53. The third kappa shape index (κ3) is 3.65. The minimum absolute atomic E-state index is 0.0403. The van der Waals surface area contributed by atoms with E-state index >= 15 is 0 Å². The number of allylic oxidation sites excluding steroid dienone is 1. The number of hydrogen-bond acceptors (Lipinski definition) is 6. The number of likely N-dealkylation sites (tertiary alicyclic amines) is 1. The molecule has 1 aromatic carbocycles. The molecule has 0 saturated carbocycles. The first-order valence-corrected chi connectivity index (χ1v) is 12.0. The average molecular weight is 487 g/mol. The largest absolute Gasteiger partial charge is 0.465 e. The van der Waals surface area contributed by atoms with Gasteiger partial charge in [-0.2, -0.15) is 0 Å². The Bertz CT molecular complexity index is 1040. The number of β-amino-alcohol motifs (C(OH)–C–C–N with tert-alkyl or cyclic N) is 1. The molecule has 2 saturated heterocycles. The van der Waals surface area contributed by atoms with Crippen LogP contribution < -0.4 is 4.90 Å². The number of ether oxygens (including phenoxy) is 2. The van der Waals surface area contributed by atoms with Gasteiger partial charge in [-0.05, 0) is 43.5 Å². The van der Waals surface area contributed by atoms with E-state index in [9.17, 15) is 19.5 Å². The van der Waals surface area contributed by atoms with Crippen molar-refractivity contribution in [3.05, 3.63) is 53.6 Å². The highest BCUT2D eigenvalue weighted by atomic mass is 35.5. The molecule has 2 amide bonds. The Kier molecular flexibility index (Phi) is 6.22. The lowest BCUT2D eigenvalue weighted by Crippen LogP contribution is -2.55. The number of esters is 1. The van der Waals surface area contributed by atoms with Crippen LogP contribution in [0.15, 0.2) is 48.6 Å². The number of halogens is 1. The first-order chi connectivity index (χ1) is 16.5. The van der Waals surface area contributed by atoms with E-state index in [1.54, 1.807) is 35.2 Å². The van der Waals surface area contributed by atoms with Crippen LogP contribution >= 0.6 is 11.6 Å². The fourth-order valence-electron chi connectivity index (χ4n) is 5.62. The molecule has 2 fully saturated rings. The van der Waals surface area contributed by atoms with Gasteiger partial charge in [0.05, 0.1) is 25.2 Å².